The number of Topliss-reactive ketones (excluding diaryl/α,β-unsaturated/α-hetero) is 1. The second-order valence-corrected chi connectivity index (χ2v) is 15.2. The first-order chi connectivity index (χ1) is 18.6. The molecule has 40 heavy (non-hydrogen) atoms. The quantitative estimate of drug-likeness (QED) is 0.424. The molecular weight excluding hydrogens is 565 g/mol. The number of amides is 1. The summed E-state index contributed by atoms with van der Waals surface area (Å²) in [4.78, 5) is 37.2. The van der Waals surface area contributed by atoms with E-state index in [1.807, 2.05) is 27.7 Å². The zero-order valence-corrected chi connectivity index (χ0v) is 24.7. The molecule has 1 N–H and O–H groups in total. The standard InChI is InChI=1S/C27H35F3N4O4S2/c1-16-7-5-6-10-34(16)25(36)21-23(39-24(33-21)22(35)17-8-11-40(37,38)12-9-17)18-14-31-20(32-15-26(2,3)4)13-19(18)27(28,29)30/h13-14,16-17H,5-12,15H2,1-4H3,(H,31,32)/t16-/m0/s1. The topological polar surface area (TPSA) is 109 Å². The number of sulfone groups is 1. The minimum Gasteiger partial charge on any atom is -0.370 e. The fraction of sp³-hybridized carbons (Fsp3) is 0.630. The molecule has 2 aromatic heterocycles. The third-order valence-corrected chi connectivity index (χ3v) is 10.1. The Labute approximate surface area is 236 Å². The average Bonchev–Trinajstić information content (AvgIpc) is 3.31. The molecule has 0 bridgehead atoms. The molecule has 2 aliphatic heterocycles. The number of hydrogen-bond acceptors (Lipinski definition) is 8. The molecule has 0 aliphatic carbocycles. The molecule has 8 nitrogen and oxygen atoms in total. The number of aromatic nitrogens is 2. The van der Waals surface area contributed by atoms with Gasteiger partial charge in [0.25, 0.3) is 5.91 Å². The van der Waals surface area contributed by atoms with Gasteiger partial charge in [-0.05, 0) is 50.5 Å². The smallest absolute Gasteiger partial charge is 0.370 e. The van der Waals surface area contributed by atoms with E-state index in [1.165, 1.54) is 0 Å². The molecule has 2 aliphatic rings. The zero-order valence-electron chi connectivity index (χ0n) is 23.1. The van der Waals surface area contributed by atoms with E-state index in [-0.39, 0.29) is 62.8 Å². The van der Waals surface area contributed by atoms with E-state index in [9.17, 15) is 31.2 Å². The summed E-state index contributed by atoms with van der Waals surface area (Å²) in [5.41, 5.74) is -1.70. The predicted molar refractivity (Wildman–Crippen MR) is 148 cm³/mol. The summed E-state index contributed by atoms with van der Waals surface area (Å²) in [6, 6.07) is 0.800. The molecule has 4 heterocycles. The molecule has 0 unspecified atom stereocenters. The largest absolute Gasteiger partial charge is 0.417 e. The van der Waals surface area contributed by atoms with Crippen LogP contribution in [0.1, 0.15) is 85.7 Å². The number of ketones is 1. The van der Waals surface area contributed by atoms with Gasteiger partial charge in [-0.25, -0.2) is 18.4 Å². The number of thiazole rings is 1. The van der Waals surface area contributed by atoms with Crippen LogP contribution in [0, 0.1) is 11.3 Å². The first kappa shape index (κ1) is 30.4. The van der Waals surface area contributed by atoms with Crippen molar-refractivity contribution in [3.8, 4) is 10.4 Å². The monoisotopic (exact) mass is 600 g/mol. The number of anilines is 1. The Morgan fingerprint density at radius 3 is 2.40 bits per heavy atom. The molecule has 2 saturated heterocycles. The third kappa shape index (κ3) is 7.02. The Morgan fingerprint density at radius 2 is 1.80 bits per heavy atom. The van der Waals surface area contributed by atoms with Gasteiger partial charge in [0.05, 0.1) is 21.9 Å². The van der Waals surface area contributed by atoms with Crippen molar-refractivity contribution >= 4 is 38.7 Å². The van der Waals surface area contributed by atoms with E-state index in [0.717, 1.165) is 42.9 Å². The van der Waals surface area contributed by atoms with E-state index in [4.69, 9.17) is 0 Å². The van der Waals surface area contributed by atoms with Crippen LogP contribution >= 0.6 is 11.3 Å². The van der Waals surface area contributed by atoms with Crippen LogP contribution in [0.5, 0.6) is 0 Å². The number of piperidine rings is 1. The van der Waals surface area contributed by atoms with Crippen LogP contribution in [-0.4, -0.2) is 65.6 Å². The molecule has 220 valence electrons. The van der Waals surface area contributed by atoms with Crippen molar-refractivity contribution in [3.63, 3.8) is 0 Å². The number of nitrogens with zero attached hydrogens (tertiary/aromatic N) is 3. The minimum absolute atomic E-state index is 0.0489. The molecular formula is C27H35F3N4O4S2. The molecule has 0 spiro atoms. The van der Waals surface area contributed by atoms with Crippen LogP contribution in [0.2, 0.25) is 0 Å². The normalized spacial score (nSPS) is 20.4. The summed E-state index contributed by atoms with van der Waals surface area (Å²) in [5.74, 6) is -1.81. The van der Waals surface area contributed by atoms with Crippen molar-refractivity contribution in [2.75, 3.05) is 29.9 Å². The maximum absolute atomic E-state index is 14.4. The van der Waals surface area contributed by atoms with E-state index < -0.39 is 39.2 Å². The van der Waals surface area contributed by atoms with Gasteiger partial charge in [0.2, 0.25) is 0 Å². The number of rotatable bonds is 6. The van der Waals surface area contributed by atoms with Crippen molar-refractivity contribution in [2.45, 2.75) is 72.0 Å². The van der Waals surface area contributed by atoms with Crippen LogP contribution in [-0.2, 0) is 16.0 Å². The molecule has 4 rings (SSSR count). The molecule has 1 atom stereocenters. The zero-order chi connectivity index (χ0) is 29.5. The first-order valence-corrected chi connectivity index (χ1v) is 16.1. The van der Waals surface area contributed by atoms with Crippen molar-refractivity contribution in [1.82, 2.24) is 14.9 Å². The van der Waals surface area contributed by atoms with Gasteiger partial charge < -0.3 is 10.2 Å². The van der Waals surface area contributed by atoms with Crippen LogP contribution < -0.4 is 5.32 Å². The maximum Gasteiger partial charge on any atom is 0.417 e. The highest BCUT2D eigenvalue weighted by Gasteiger charge is 2.39. The molecule has 13 heteroatoms. The Balaban J connectivity index is 1.79. The van der Waals surface area contributed by atoms with Gasteiger partial charge in [0.15, 0.2) is 10.8 Å². The second kappa shape index (κ2) is 11.4. The van der Waals surface area contributed by atoms with E-state index in [2.05, 4.69) is 15.3 Å². The Hall–Kier alpha value is -2.54. The Morgan fingerprint density at radius 1 is 1.12 bits per heavy atom. The molecule has 2 aromatic rings. The highest BCUT2D eigenvalue weighted by atomic mass is 32.2. The number of likely N-dealkylation sites (tertiary alicyclic amines) is 1. The highest BCUT2D eigenvalue weighted by molar-refractivity contribution is 7.91. The fourth-order valence-corrected chi connectivity index (χ4v) is 7.53. The lowest BCUT2D eigenvalue weighted by atomic mass is 9.97. The number of pyridine rings is 1. The highest BCUT2D eigenvalue weighted by Crippen LogP contribution is 2.42. The molecule has 1 amide bonds. The number of halogens is 3. The van der Waals surface area contributed by atoms with E-state index >= 15 is 0 Å². The number of carbonyl (C=O) groups is 2. The maximum atomic E-state index is 14.4. The average molecular weight is 601 g/mol. The van der Waals surface area contributed by atoms with Crippen LogP contribution in [0.25, 0.3) is 10.4 Å². The van der Waals surface area contributed by atoms with Crippen LogP contribution in [0.3, 0.4) is 0 Å². The predicted octanol–water partition coefficient (Wildman–Crippen LogP) is 5.70. The van der Waals surface area contributed by atoms with Crippen molar-refractivity contribution in [3.05, 3.63) is 28.5 Å². The van der Waals surface area contributed by atoms with Crippen LogP contribution in [0.15, 0.2) is 12.3 Å². The lowest BCUT2D eigenvalue weighted by Gasteiger charge is -2.33. The van der Waals surface area contributed by atoms with Crippen molar-refractivity contribution < 1.29 is 31.2 Å². The summed E-state index contributed by atoms with van der Waals surface area (Å²) in [7, 11) is -3.22. The number of hydrogen-bond donors (Lipinski definition) is 1. The summed E-state index contributed by atoms with van der Waals surface area (Å²) in [5, 5.41) is 2.85. The van der Waals surface area contributed by atoms with Crippen molar-refractivity contribution in [1.29, 1.82) is 0 Å². The number of alkyl halides is 3. The van der Waals surface area contributed by atoms with Gasteiger partial charge in [-0.15, -0.1) is 11.3 Å². The summed E-state index contributed by atoms with van der Waals surface area (Å²) < 4.78 is 66.9. The third-order valence-electron chi connectivity index (χ3n) is 7.28. The van der Waals surface area contributed by atoms with Gasteiger partial charge in [0, 0.05) is 36.8 Å². The van der Waals surface area contributed by atoms with Gasteiger partial charge >= 0.3 is 6.18 Å². The van der Waals surface area contributed by atoms with Gasteiger partial charge in [-0.2, -0.15) is 13.2 Å². The molecule has 0 radical (unpaired) electrons. The molecule has 0 saturated carbocycles. The van der Waals surface area contributed by atoms with Crippen molar-refractivity contribution in [2.24, 2.45) is 11.3 Å². The molecule has 0 aromatic carbocycles. The molecule has 2 fully saturated rings. The van der Waals surface area contributed by atoms with Gasteiger partial charge in [-0.3, -0.25) is 9.59 Å². The minimum atomic E-state index is -4.76. The Kier molecular flexibility index (Phi) is 8.66. The van der Waals surface area contributed by atoms with Crippen LogP contribution in [0.4, 0.5) is 19.0 Å². The summed E-state index contributed by atoms with van der Waals surface area (Å²) in [6.07, 6.45) is -0.981. The van der Waals surface area contributed by atoms with E-state index in [0.29, 0.717) is 13.1 Å². The van der Waals surface area contributed by atoms with Gasteiger partial charge in [-0.1, -0.05) is 20.8 Å². The first-order valence-electron chi connectivity index (χ1n) is 13.4. The summed E-state index contributed by atoms with van der Waals surface area (Å²) >= 11 is 0.744. The van der Waals surface area contributed by atoms with Gasteiger partial charge in [0.1, 0.15) is 21.3 Å². The lowest BCUT2D eigenvalue weighted by Crippen LogP contribution is -2.42. The van der Waals surface area contributed by atoms with E-state index in [1.54, 1.807) is 4.90 Å². The SMILES string of the molecule is C[C@H]1CCCCN1C(=O)c1nc(C(=O)C2CCS(=O)(=O)CC2)sc1-c1cnc(NCC(C)(C)C)cc1C(F)(F)F. The lowest BCUT2D eigenvalue weighted by molar-refractivity contribution is -0.137. The fourth-order valence-electron chi connectivity index (χ4n) is 4.94. The summed E-state index contributed by atoms with van der Waals surface area (Å²) in [6.45, 7) is 8.54. The second-order valence-electron chi connectivity index (χ2n) is 11.9. The Bertz CT molecular complexity index is 1370. The number of carbonyl (C=O) groups excluding carboxylic acids is 2. The number of nitrogens with one attached hydrogen (secondary N) is 1.